The van der Waals surface area contributed by atoms with E-state index >= 15 is 0 Å². The molecular weight excluding hydrogens is 212 g/mol. The average molecular weight is 236 g/mol. The van der Waals surface area contributed by atoms with Crippen LogP contribution in [0.15, 0.2) is 22.8 Å². The van der Waals surface area contributed by atoms with Gasteiger partial charge in [-0.25, -0.2) is 0 Å². The molecule has 0 spiro atoms. The zero-order chi connectivity index (χ0) is 12.3. The van der Waals surface area contributed by atoms with E-state index in [2.05, 4.69) is 18.9 Å². The van der Waals surface area contributed by atoms with Crippen molar-refractivity contribution >= 4 is 0 Å². The molecule has 0 aliphatic heterocycles. The predicted molar refractivity (Wildman–Crippen MR) is 69.7 cm³/mol. The maximum atomic E-state index is 6.24. The summed E-state index contributed by atoms with van der Waals surface area (Å²) in [5.41, 5.74) is 6.24. The fourth-order valence-corrected chi connectivity index (χ4v) is 2.63. The number of nitrogens with zero attached hydrogens (tertiary/aromatic N) is 1. The van der Waals surface area contributed by atoms with Gasteiger partial charge in [-0.15, -0.1) is 0 Å². The minimum absolute atomic E-state index is 0.145. The Hall–Kier alpha value is -0.800. The number of nitrogens with two attached hydrogens (primary N) is 1. The van der Waals surface area contributed by atoms with Crippen molar-refractivity contribution in [2.45, 2.75) is 44.7 Å². The normalized spacial score (nSPS) is 20.2. The maximum absolute atomic E-state index is 6.24. The quantitative estimate of drug-likeness (QED) is 0.826. The highest BCUT2D eigenvalue weighted by Crippen LogP contribution is 2.31. The number of furan rings is 1. The van der Waals surface area contributed by atoms with Gasteiger partial charge in [-0.05, 0) is 44.4 Å². The third kappa shape index (κ3) is 2.90. The zero-order valence-electron chi connectivity index (χ0n) is 10.9. The van der Waals surface area contributed by atoms with Gasteiger partial charge in [0.15, 0.2) is 0 Å². The first-order valence-corrected chi connectivity index (χ1v) is 6.71. The van der Waals surface area contributed by atoms with E-state index in [-0.39, 0.29) is 12.1 Å². The van der Waals surface area contributed by atoms with Crippen LogP contribution in [0.5, 0.6) is 0 Å². The third-order valence-corrected chi connectivity index (χ3v) is 3.96. The molecule has 3 heteroatoms. The molecular formula is C14H24N2O. The Bertz CT molecular complexity index is 319. The minimum Gasteiger partial charge on any atom is -0.468 e. The lowest BCUT2D eigenvalue weighted by molar-refractivity contribution is 0.129. The van der Waals surface area contributed by atoms with E-state index in [1.54, 1.807) is 6.26 Å². The maximum Gasteiger partial charge on any atom is 0.122 e. The summed E-state index contributed by atoms with van der Waals surface area (Å²) in [5.74, 6) is 1.86. The molecule has 2 rings (SSSR count). The van der Waals surface area contributed by atoms with Crippen molar-refractivity contribution in [3.05, 3.63) is 24.2 Å². The summed E-state index contributed by atoms with van der Waals surface area (Å²) in [5, 5.41) is 0. The molecule has 1 heterocycles. The standard InChI is InChI=1S/C14H24N2O/c1-3-12(15)14(13-8-5-9-17-13)16(2)10-11-6-4-7-11/h5,8-9,11-12,14H,3-4,6-7,10,15H2,1-2H3. The van der Waals surface area contributed by atoms with Crippen LogP contribution in [0.1, 0.15) is 44.4 Å². The molecule has 96 valence electrons. The Kier molecular flexibility index (Phi) is 4.24. The van der Waals surface area contributed by atoms with Crippen LogP contribution in [0, 0.1) is 5.92 Å². The molecule has 1 aromatic heterocycles. The largest absolute Gasteiger partial charge is 0.468 e. The van der Waals surface area contributed by atoms with Crippen LogP contribution < -0.4 is 5.73 Å². The SMILES string of the molecule is CCC(N)C(c1ccco1)N(C)CC1CCC1. The minimum atomic E-state index is 0.145. The predicted octanol–water partition coefficient (Wildman–Crippen LogP) is 2.79. The van der Waals surface area contributed by atoms with Gasteiger partial charge in [0.2, 0.25) is 0 Å². The molecule has 1 aliphatic carbocycles. The summed E-state index contributed by atoms with van der Waals surface area (Å²) in [6.07, 6.45) is 6.85. The summed E-state index contributed by atoms with van der Waals surface area (Å²) >= 11 is 0. The number of hydrogen-bond donors (Lipinski definition) is 1. The molecule has 0 bridgehead atoms. The average Bonchev–Trinajstić information content (AvgIpc) is 2.77. The van der Waals surface area contributed by atoms with Crippen LogP contribution in [0.3, 0.4) is 0 Å². The zero-order valence-corrected chi connectivity index (χ0v) is 10.9. The van der Waals surface area contributed by atoms with Crippen LogP contribution in [0.25, 0.3) is 0 Å². The Balaban J connectivity index is 2.03. The summed E-state index contributed by atoms with van der Waals surface area (Å²) < 4.78 is 5.55. The molecule has 0 saturated heterocycles. The van der Waals surface area contributed by atoms with Crippen LogP contribution >= 0.6 is 0 Å². The molecule has 1 fully saturated rings. The summed E-state index contributed by atoms with van der Waals surface area (Å²) in [7, 11) is 2.17. The van der Waals surface area contributed by atoms with Crippen molar-refractivity contribution in [2.75, 3.05) is 13.6 Å². The van der Waals surface area contributed by atoms with Crippen molar-refractivity contribution < 1.29 is 4.42 Å². The lowest BCUT2D eigenvalue weighted by Crippen LogP contribution is -2.41. The van der Waals surface area contributed by atoms with Gasteiger partial charge in [-0.2, -0.15) is 0 Å². The first-order chi connectivity index (χ1) is 8.22. The molecule has 2 atom stereocenters. The number of likely N-dealkylation sites (N-methyl/N-ethyl adjacent to an activating group) is 1. The van der Waals surface area contributed by atoms with Gasteiger partial charge < -0.3 is 10.2 Å². The van der Waals surface area contributed by atoms with Crippen LogP contribution in [-0.2, 0) is 0 Å². The fraction of sp³-hybridized carbons (Fsp3) is 0.714. The summed E-state index contributed by atoms with van der Waals surface area (Å²) in [6.45, 7) is 3.27. The highest BCUT2D eigenvalue weighted by Gasteiger charge is 2.28. The Morgan fingerprint density at radius 2 is 2.29 bits per heavy atom. The second kappa shape index (κ2) is 5.69. The van der Waals surface area contributed by atoms with E-state index in [0.717, 1.165) is 24.6 Å². The molecule has 0 aromatic carbocycles. The second-order valence-corrected chi connectivity index (χ2v) is 5.27. The van der Waals surface area contributed by atoms with E-state index in [4.69, 9.17) is 10.2 Å². The molecule has 0 radical (unpaired) electrons. The summed E-state index contributed by atoms with van der Waals surface area (Å²) in [6, 6.07) is 4.35. The lowest BCUT2D eigenvalue weighted by Gasteiger charge is -2.36. The van der Waals surface area contributed by atoms with Gasteiger partial charge >= 0.3 is 0 Å². The van der Waals surface area contributed by atoms with Gasteiger partial charge in [0.25, 0.3) is 0 Å². The Morgan fingerprint density at radius 3 is 2.76 bits per heavy atom. The van der Waals surface area contributed by atoms with Crippen LogP contribution in [0.2, 0.25) is 0 Å². The van der Waals surface area contributed by atoms with Gasteiger partial charge in [0.1, 0.15) is 5.76 Å². The Labute approximate surface area is 104 Å². The molecule has 17 heavy (non-hydrogen) atoms. The number of hydrogen-bond acceptors (Lipinski definition) is 3. The molecule has 1 aliphatic rings. The Morgan fingerprint density at radius 1 is 1.53 bits per heavy atom. The first kappa shape index (κ1) is 12.7. The first-order valence-electron chi connectivity index (χ1n) is 6.71. The highest BCUT2D eigenvalue weighted by atomic mass is 16.3. The van der Waals surface area contributed by atoms with Gasteiger partial charge in [0.05, 0.1) is 12.3 Å². The topological polar surface area (TPSA) is 42.4 Å². The van der Waals surface area contributed by atoms with Gasteiger partial charge in [-0.1, -0.05) is 13.3 Å². The van der Waals surface area contributed by atoms with E-state index in [1.165, 1.54) is 19.3 Å². The lowest BCUT2D eigenvalue weighted by atomic mass is 9.84. The molecule has 2 unspecified atom stereocenters. The van der Waals surface area contributed by atoms with Gasteiger partial charge in [-0.3, -0.25) is 4.90 Å². The van der Waals surface area contributed by atoms with Crippen molar-refractivity contribution in [3.8, 4) is 0 Å². The fourth-order valence-electron chi connectivity index (χ4n) is 2.63. The van der Waals surface area contributed by atoms with Crippen molar-refractivity contribution in [1.82, 2.24) is 4.90 Å². The van der Waals surface area contributed by atoms with Crippen molar-refractivity contribution in [2.24, 2.45) is 11.7 Å². The van der Waals surface area contributed by atoms with Gasteiger partial charge in [0, 0.05) is 12.6 Å². The van der Waals surface area contributed by atoms with E-state index in [1.807, 2.05) is 12.1 Å². The molecule has 1 saturated carbocycles. The van der Waals surface area contributed by atoms with E-state index < -0.39 is 0 Å². The van der Waals surface area contributed by atoms with E-state index in [9.17, 15) is 0 Å². The van der Waals surface area contributed by atoms with E-state index in [0.29, 0.717) is 0 Å². The number of rotatable bonds is 6. The van der Waals surface area contributed by atoms with Crippen LogP contribution in [0.4, 0.5) is 0 Å². The van der Waals surface area contributed by atoms with Crippen LogP contribution in [-0.4, -0.2) is 24.5 Å². The molecule has 0 amide bonds. The van der Waals surface area contributed by atoms with Crippen molar-refractivity contribution in [3.63, 3.8) is 0 Å². The third-order valence-electron chi connectivity index (χ3n) is 3.96. The smallest absolute Gasteiger partial charge is 0.122 e. The second-order valence-electron chi connectivity index (χ2n) is 5.27. The monoisotopic (exact) mass is 236 g/mol. The molecule has 3 nitrogen and oxygen atoms in total. The van der Waals surface area contributed by atoms with Crippen molar-refractivity contribution in [1.29, 1.82) is 0 Å². The molecule has 1 aromatic rings. The summed E-state index contributed by atoms with van der Waals surface area (Å²) in [4.78, 5) is 2.37. The highest BCUT2D eigenvalue weighted by molar-refractivity contribution is 5.07. The molecule has 2 N–H and O–H groups in total.